The van der Waals surface area contributed by atoms with Gasteiger partial charge in [-0.15, -0.1) is 0 Å². The summed E-state index contributed by atoms with van der Waals surface area (Å²) in [6, 6.07) is 3.45. The number of carbonyl (C=O) groups excluding carboxylic acids is 1. The number of amides is 1. The SMILES string of the molecule is CCCC(C)NS(=O)(=O)c1ccc(NC2CCN(CC(=O)NC)CC2)nc1. The molecule has 1 aromatic heterocycles. The number of hydrogen-bond acceptors (Lipinski definition) is 6. The van der Waals surface area contributed by atoms with E-state index in [-0.39, 0.29) is 22.9 Å². The molecule has 1 aliphatic heterocycles. The van der Waals surface area contributed by atoms with E-state index in [0.717, 1.165) is 38.8 Å². The van der Waals surface area contributed by atoms with Crippen molar-refractivity contribution in [2.75, 3.05) is 32.0 Å². The molecule has 1 amide bonds. The molecular formula is C18H31N5O3S. The molecule has 3 N–H and O–H groups in total. The van der Waals surface area contributed by atoms with Gasteiger partial charge in [0.25, 0.3) is 0 Å². The number of nitrogens with zero attached hydrogens (tertiary/aromatic N) is 2. The summed E-state index contributed by atoms with van der Waals surface area (Å²) in [6.07, 6.45) is 4.94. The minimum atomic E-state index is -3.54. The predicted octanol–water partition coefficient (Wildman–Crippen LogP) is 1.17. The Morgan fingerprint density at radius 1 is 1.33 bits per heavy atom. The van der Waals surface area contributed by atoms with Crippen molar-refractivity contribution in [2.24, 2.45) is 0 Å². The summed E-state index contributed by atoms with van der Waals surface area (Å²) in [4.78, 5) is 18.0. The Bertz CT molecular complexity index is 700. The second-order valence-corrected chi connectivity index (χ2v) is 8.77. The minimum Gasteiger partial charge on any atom is -0.367 e. The second kappa shape index (κ2) is 10.0. The molecule has 0 bridgehead atoms. The van der Waals surface area contributed by atoms with Gasteiger partial charge < -0.3 is 10.6 Å². The third-order valence-electron chi connectivity index (χ3n) is 4.71. The number of hydrogen-bond donors (Lipinski definition) is 3. The number of carbonyl (C=O) groups is 1. The van der Waals surface area contributed by atoms with Crippen LogP contribution >= 0.6 is 0 Å². The zero-order valence-corrected chi connectivity index (χ0v) is 17.2. The summed E-state index contributed by atoms with van der Waals surface area (Å²) in [6.45, 7) is 6.00. The van der Waals surface area contributed by atoms with Gasteiger partial charge in [-0.3, -0.25) is 9.69 Å². The lowest BCUT2D eigenvalue weighted by molar-refractivity contribution is -0.122. The van der Waals surface area contributed by atoms with Crippen LogP contribution in [-0.2, 0) is 14.8 Å². The van der Waals surface area contributed by atoms with Crippen LogP contribution in [0, 0.1) is 0 Å². The molecule has 1 saturated heterocycles. The van der Waals surface area contributed by atoms with Crippen LogP contribution in [0.1, 0.15) is 39.5 Å². The lowest BCUT2D eigenvalue weighted by atomic mass is 10.1. The highest BCUT2D eigenvalue weighted by atomic mass is 32.2. The van der Waals surface area contributed by atoms with Gasteiger partial charge >= 0.3 is 0 Å². The van der Waals surface area contributed by atoms with Gasteiger partial charge in [-0.2, -0.15) is 0 Å². The molecule has 1 fully saturated rings. The third kappa shape index (κ3) is 6.75. The molecule has 1 aromatic rings. The average molecular weight is 398 g/mol. The normalized spacial score (nSPS) is 17.4. The zero-order chi connectivity index (χ0) is 19.9. The number of pyridine rings is 1. The van der Waals surface area contributed by atoms with Crippen LogP contribution in [0.25, 0.3) is 0 Å². The number of anilines is 1. The first kappa shape index (κ1) is 21.6. The smallest absolute Gasteiger partial charge is 0.242 e. The summed E-state index contributed by atoms with van der Waals surface area (Å²) in [7, 11) is -1.89. The Balaban J connectivity index is 1.86. The van der Waals surface area contributed by atoms with Crippen LogP contribution in [-0.4, -0.2) is 63.0 Å². The van der Waals surface area contributed by atoms with Crippen LogP contribution < -0.4 is 15.4 Å². The summed E-state index contributed by atoms with van der Waals surface area (Å²) in [5.74, 6) is 0.696. The average Bonchev–Trinajstić information content (AvgIpc) is 2.63. The van der Waals surface area contributed by atoms with Crippen molar-refractivity contribution in [1.82, 2.24) is 19.9 Å². The number of sulfonamides is 1. The predicted molar refractivity (Wildman–Crippen MR) is 106 cm³/mol. The highest BCUT2D eigenvalue weighted by molar-refractivity contribution is 7.89. The Morgan fingerprint density at radius 2 is 2.04 bits per heavy atom. The Labute approximate surface area is 162 Å². The molecule has 2 heterocycles. The molecule has 9 heteroatoms. The van der Waals surface area contributed by atoms with E-state index in [4.69, 9.17) is 0 Å². The lowest BCUT2D eigenvalue weighted by Gasteiger charge is -2.32. The summed E-state index contributed by atoms with van der Waals surface area (Å²) >= 11 is 0. The maximum Gasteiger partial charge on any atom is 0.242 e. The maximum absolute atomic E-state index is 12.4. The van der Waals surface area contributed by atoms with Crippen molar-refractivity contribution >= 4 is 21.7 Å². The van der Waals surface area contributed by atoms with Crippen LogP contribution in [0.5, 0.6) is 0 Å². The van der Waals surface area contributed by atoms with Gasteiger partial charge in [0.1, 0.15) is 10.7 Å². The fourth-order valence-electron chi connectivity index (χ4n) is 3.18. The fourth-order valence-corrected chi connectivity index (χ4v) is 4.40. The van der Waals surface area contributed by atoms with Crippen LogP contribution in [0.4, 0.5) is 5.82 Å². The molecule has 0 radical (unpaired) electrons. The van der Waals surface area contributed by atoms with Crippen molar-refractivity contribution in [3.05, 3.63) is 18.3 Å². The van der Waals surface area contributed by atoms with E-state index >= 15 is 0 Å². The zero-order valence-electron chi connectivity index (χ0n) is 16.4. The first-order valence-electron chi connectivity index (χ1n) is 9.52. The first-order valence-corrected chi connectivity index (χ1v) is 11.0. The maximum atomic E-state index is 12.4. The second-order valence-electron chi connectivity index (χ2n) is 7.06. The topological polar surface area (TPSA) is 103 Å². The lowest BCUT2D eigenvalue weighted by Crippen LogP contribution is -2.43. The molecule has 2 rings (SSSR count). The molecule has 27 heavy (non-hydrogen) atoms. The molecule has 0 saturated carbocycles. The third-order valence-corrected chi connectivity index (χ3v) is 6.29. The highest BCUT2D eigenvalue weighted by Gasteiger charge is 2.21. The summed E-state index contributed by atoms with van der Waals surface area (Å²) < 4.78 is 27.4. The largest absolute Gasteiger partial charge is 0.367 e. The van der Waals surface area contributed by atoms with Crippen molar-refractivity contribution in [1.29, 1.82) is 0 Å². The molecule has 8 nitrogen and oxygen atoms in total. The molecule has 0 aliphatic carbocycles. The highest BCUT2D eigenvalue weighted by Crippen LogP contribution is 2.17. The molecular weight excluding hydrogens is 366 g/mol. The monoisotopic (exact) mass is 397 g/mol. The molecule has 1 aliphatic rings. The number of rotatable bonds is 9. The van der Waals surface area contributed by atoms with Gasteiger partial charge in [0.15, 0.2) is 0 Å². The van der Waals surface area contributed by atoms with E-state index in [1.165, 1.54) is 6.20 Å². The van der Waals surface area contributed by atoms with E-state index in [1.54, 1.807) is 19.2 Å². The van der Waals surface area contributed by atoms with E-state index in [2.05, 4.69) is 25.2 Å². The van der Waals surface area contributed by atoms with E-state index in [0.29, 0.717) is 12.4 Å². The quantitative estimate of drug-likeness (QED) is 0.578. The van der Waals surface area contributed by atoms with Gasteiger partial charge in [0.05, 0.1) is 6.54 Å². The van der Waals surface area contributed by atoms with Gasteiger partial charge in [-0.1, -0.05) is 13.3 Å². The van der Waals surface area contributed by atoms with Crippen molar-refractivity contribution in [3.8, 4) is 0 Å². The van der Waals surface area contributed by atoms with Crippen LogP contribution in [0.3, 0.4) is 0 Å². The Hall–Kier alpha value is -1.71. The Kier molecular flexibility index (Phi) is 8.00. The van der Waals surface area contributed by atoms with Crippen molar-refractivity contribution in [3.63, 3.8) is 0 Å². The summed E-state index contributed by atoms with van der Waals surface area (Å²) in [5, 5.41) is 5.99. The van der Waals surface area contributed by atoms with Crippen LogP contribution in [0.15, 0.2) is 23.2 Å². The summed E-state index contributed by atoms with van der Waals surface area (Å²) in [5.41, 5.74) is 0. The van der Waals surface area contributed by atoms with E-state index in [9.17, 15) is 13.2 Å². The number of aromatic nitrogens is 1. The molecule has 152 valence electrons. The standard InChI is InChI=1S/C18H31N5O3S/c1-4-5-14(2)22-27(25,26)16-6-7-17(20-12-16)21-15-8-10-23(11-9-15)13-18(24)19-3/h6-7,12,14-15,22H,4-5,8-11,13H2,1-3H3,(H,19,24)(H,20,21). The molecule has 1 atom stereocenters. The Morgan fingerprint density at radius 3 is 2.59 bits per heavy atom. The molecule has 0 aromatic carbocycles. The number of nitrogens with one attached hydrogen (secondary N) is 3. The van der Waals surface area contributed by atoms with Gasteiger partial charge in [0, 0.05) is 38.4 Å². The molecule has 0 spiro atoms. The van der Waals surface area contributed by atoms with Crippen molar-refractivity contribution in [2.45, 2.75) is 56.5 Å². The van der Waals surface area contributed by atoms with E-state index in [1.807, 2.05) is 13.8 Å². The van der Waals surface area contributed by atoms with Gasteiger partial charge in [-0.05, 0) is 38.3 Å². The molecule has 1 unspecified atom stereocenters. The van der Waals surface area contributed by atoms with Crippen LogP contribution in [0.2, 0.25) is 0 Å². The minimum absolute atomic E-state index is 0.0294. The van der Waals surface area contributed by atoms with Gasteiger partial charge in [-0.25, -0.2) is 18.1 Å². The fraction of sp³-hybridized carbons (Fsp3) is 0.667. The number of likely N-dealkylation sites (tertiary alicyclic amines) is 1. The number of likely N-dealkylation sites (N-methyl/N-ethyl adjacent to an activating group) is 1. The van der Waals surface area contributed by atoms with Crippen molar-refractivity contribution < 1.29 is 13.2 Å². The van der Waals surface area contributed by atoms with E-state index < -0.39 is 10.0 Å². The number of piperidine rings is 1. The van der Waals surface area contributed by atoms with Gasteiger partial charge in [0.2, 0.25) is 15.9 Å². The first-order chi connectivity index (χ1) is 12.8.